The van der Waals surface area contributed by atoms with Crippen molar-refractivity contribution in [2.45, 2.75) is 44.7 Å². The van der Waals surface area contributed by atoms with Crippen molar-refractivity contribution in [3.05, 3.63) is 53.1 Å². The number of hydrogen-bond donors (Lipinski definition) is 1. The number of aryl methyl sites for hydroxylation is 2. The van der Waals surface area contributed by atoms with Gasteiger partial charge in [-0.3, -0.25) is 4.79 Å². The number of carbonyl (C=O) groups excluding carboxylic acids is 1. The summed E-state index contributed by atoms with van der Waals surface area (Å²) in [6, 6.07) is 8.04. The number of aromatic nitrogens is 2. The zero-order valence-electron chi connectivity index (χ0n) is 12.5. The van der Waals surface area contributed by atoms with E-state index in [0.717, 1.165) is 43.1 Å². The van der Waals surface area contributed by atoms with Gasteiger partial charge in [-0.25, -0.2) is 4.98 Å². The summed E-state index contributed by atoms with van der Waals surface area (Å²) in [6.45, 7) is 0.832. The lowest BCUT2D eigenvalue weighted by Gasteiger charge is -2.24. The van der Waals surface area contributed by atoms with Crippen LogP contribution in [-0.2, 0) is 24.2 Å². The standard InChI is InChI=1S/C17H20ClN3O/c18-14-6-4-13(5-7-14)2-1-3-17(22)20-15-8-9-16-19-10-11-21(16)12-15/h4-7,10-11,15H,1-3,8-9,12H2,(H,20,22). The van der Waals surface area contributed by atoms with Gasteiger partial charge in [0.15, 0.2) is 0 Å². The summed E-state index contributed by atoms with van der Waals surface area (Å²) in [6.07, 6.45) is 8.04. The van der Waals surface area contributed by atoms with Crippen LogP contribution in [0.2, 0.25) is 5.02 Å². The van der Waals surface area contributed by atoms with E-state index in [4.69, 9.17) is 11.6 Å². The third kappa shape index (κ3) is 3.89. The average molecular weight is 318 g/mol. The maximum absolute atomic E-state index is 12.0. The monoisotopic (exact) mass is 317 g/mol. The summed E-state index contributed by atoms with van der Waals surface area (Å²) in [5, 5.41) is 3.88. The van der Waals surface area contributed by atoms with Crippen LogP contribution in [0.3, 0.4) is 0 Å². The van der Waals surface area contributed by atoms with Crippen molar-refractivity contribution in [3.8, 4) is 0 Å². The van der Waals surface area contributed by atoms with Gasteiger partial charge >= 0.3 is 0 Å². The molecule has 3 rings (SSSR count). The number of fused-ring (bicyclic) bond motifs is 1. The van der Waals surface area contributed by atoms with Gasteiger partial charge in [-0.15, -0.1) is 0 Å². The molecular weight excluding hydrogens is 298 g/mol. The van der Waals surface area contributed by atoms with Crippen molar-refractivity contribution >= 4 is 17.5 Å². The van der Waals surface area contributed by atoms with Crippen LogP contribution >= 0.6 is 11.6 Å². The third-order valence-corrected chi connectivity index (χ3v) is 4.33. The number of imidazole rings is 1. The Bertz CT molecular complexity index is 636. The molecular formula is C17H20ClN3O. The predicted molar refractivity (Wildman–Crippen MR) is 86.9 cm³/mol. The molecule has 2 aromatic rings. The number of carbonyl (C=O) groups is 1. The molecule has 0 saturated carbocycles. The summed E-state index contributed by atoms with van der Waals surface area (Å²) >= 11 is 5.86. The van der Waals surface area contributed by atoms with Crippen LogP contribution < -0.4 is 5.32 Å². The van der Waals surface area contributed by atoms with Gasteiger partial charge in [0.2, 0.25) is 5.91 Å². The first-order valence-corrected chi connectivity index (χ1v) is 8.12. The first-order valence-electron chi connectivity index (χ1n) is 7.74. The van der Waals surface area contributed by atoms with Crippen molar-refractivity contribution in [2.75, 3.05) is 0 Å². The lowest BCUT2D eigenvalue weighted by Crippen LogP contribution is -2.40. The van der Waals surface area contributed by atoms with Crippen LogP contribution in [0.1, 0.15) is 30.7 Å². The van der Waals surface area contributed by atoms with Crippen LogP contribution in [0.5, 0.6) is 0 Å². The van der Waals surface area contributed by atoms with Gasteiger partial charge in [0.1, 0.15) is 5.82 Å². The molecule has 5 heteroatoms. The molecule has 22 heavy (non-hydrogen) atoms. The Morgan fingerprint density at radius 3 is 3.00 bits per heavy atom. The zero-order valence-corrected chi connectivity index (χ0v) is 13.2. The van der Waals surface area contributed by atoms with Crippen molar-refractivity contribution < 1.29 is 4.79 Å². The van der Waals surface area contributed by atoms with E-state index >= 15 is 0 Å². The quantitative estimate of drug-likeness (QED) is 0.921. The highest BCUT2D eigenvalue weighted by atomic mass is 35.5. The zero-order chi connectivity index (χ0) is 15.4. The number of nitrogens with one attached hydrogen (secondary N) is 1. The van der Waals surface area contributed by atoms with Crippen molar-refractivity contribution in [2.24, 2.45) is 0 Å². The van der Waals surface area contributed by atoms with Gasteiger partial charge < -0.3 is 9.88 Å². The molecule has 1 atom stereocenters. The third-order valence-electron chi connectivity index (χ3n) is 4.08. The highest BCUT2D eigenvalue weighted by Gasteiger charge is 2.19. The lowest BCUT2D eigenvalue weighted by atomic mass is 10.1. The Morgan fingerprint density at radius 1 is 1.36 bits per heavy atom. The van der Waals surface area contributed by atoms with E-state index in [9.17, 15) is 4.79 Å². The molecule has 1 aromatic carbocycles. The molecule has 4 nitrogen and oxygen atoms in total. The maximum atomic E-state index is 12.0. The SMILES string of the molecule is O=C(CCCc1ccc(Cl)cc1)NC1CCc2nccn2C1. The van der Waals surface area contributed by atoms with Gasteiger partial charge in [-0.2, -0.15) is 0 Å². The van der Waals surface area contributed by atoms with Crippen molar-refractivity contribution in [3.63, 3.8) is 0 Å². The summed E-state index contributed by atoms with van der Waals surface area (Å²) < 4.78 is 2.13. The van der Waals surface area contributed by atoms with Crippen molar-refractivity contribution in [1.82, 2.24) is 14.9 Å². The molecule has 0 saturated heterocycles. The summed E-state index contributed by atoms with van der Waals surface area (Å²) in [5.41, 5.74) is 1.22. The molecule has 1 N–H and O–H groups in total. The molecule has 0 radical (unpaired) electrons. The number of benzene rings is 1. The summed E-state index contributed by atoms with van der Waals surface area (Å²) in [7, 11) is 0. The molecule has 1 unspecified atom stereocenters. The van der Waals surface area contributed by atoms with E-state index in [0.29, 0.717) is 6.42 Å². The van der Waals surface area contributed by atoms with Gasteiger partial charge in [0, 0.05) is 42.8 Å². The van der Waals surface area contributed by atoms with Gasteiger partial charge in [0.25, 0.3) is 0 Å². The molecule has 1 aliphatic rings. The van der Waals surface area contributed by atoms with Crippen LogP contribution in [0.15, 0.2) is 36.7 Å². The van der Waals surface area contributed by atoms with E-state index in [-0.39, 0.29) is 11.9 Å². The molecule has 2 heterocycles. The number of nitrogens with zero attached hydrogens (tertiary/aromatic N) is 2. The second kappa shape index (κ2) is 6.97. The number of amides is 1. The lowest BCUT2D eigenvalue weighted by molar-refractivity contribution is -0.122. The first-order chi connectivity index (χ1) is 10.7. The van der Waals surface area contributed by atoms with E-state index < -0.39 is 0 Å². The second-order valence-electron chi connectivity index (χ2n) is 5.78. The molecule has 1 amide bonds. The number of rotatable bonds is 5. The topological polar surface area (TPSA) is 46.9 Å². The van der Waals surface area contributed by atoms with Crippen LogP contribution in [0, 0.1) is 0 Å². The van der Waals surface area contributed by atoms with E-state index in [1.165, 1.54) is 5.56 Å². The first kappa shape index (κ1) is 15.1. The molecule has 0 aliphatic carbocycles. The fourth-order valence-electron chi connectivity index (χ4n) is 2.89. The van der Waals surface area contributed by atoms with Crippen molar-refractivity contribution in [1.29, 1.82) is 0 Å². The molecule has 1 aromatic heterocycles. The minimum Gasteiger partial charge on any atom is -0.352 e. The highest BCUT2D eigenvalue weighted by molar-refractivity contribution is 6.30. The number of halogens is 1. The highest BCUT2D eigenvalue weighted by Crippen LogP contribution is 2.14. The smallest absolute Gasteiger partial charge is 0.220 e. The normalized spacial score (nSPS) is 17.0. The van der Waals surface area contributed by atoms with E-state index in [1.807, 2.05) is 36.7 Å². The maximum Gasteiger partial charge on any atom is 0.220 e. The summed E-state index contributed by atoms with van der Waals surface area (Å²) in [5.74, 6) is 1.26. The van der Waals surface area contributed by atoms with Crippen LogP contribution in [-0.4, -0.2) is 21.5 Å². The van der Waals surface area contributed by atoms with Crippen LogP contribution in [0.4, 0.5) is 0 Å². The Morgan fingerprint density at radius 2 is 2.18 bits per heavy atom. The average Bonchev–Trinajstić information content (AvgIpc) is 2.97. The van der Waals surface area contributed by atoms with Gasteiger partial charge in [-0.05, 0) is 37.0 Å². The number of hydrogen-bond acceptors (Lipinski definition) is 2. The largest absolute Gasteiger partial charge is 0.352 e. The fourth-order valence-corrected chi connectivity index (χ4v) is 3.01. The molecule has 0 bridgehead atoms. The summed E-state index contributed by atoms with van der Waals surface area (Å²) in [4.78, 5) is 16.3. The Labute approximate surface area is 135 Å². The molecule has 116 valence electrons. The molecule has 0 fully saturated rings. The molecule has 1 aliphatic heterocycles. The van der Waals surface area contributed by atoms with Gasteiger partial charge in [0.05, 0.1) is 0 Å². The Balaban J connectivity index is 1.40. The Kier molecular flexibility index (Phi) is 4.78. The fraction of sp³-hybridized carbons (Fsp3) is 0.412. The van der Waals surface area contributed by atoms with Gasteiger partial charge in [-0.1, -0.05) is 23.7 Å². The Hall–Kier alpha value is -1.81. The minimum atomic E-state index is 0.141. The molecule has 0 spiro atoms. The van der Waals surface area contributed by atoms with Crippen LogP contribution in [0.25, 0.3) is 0 Å². The van der Waals surface area contributed by atoms with E-state index in [1.54, 1.807) is 0 Å². The van der Waals surface area contributed by atoms with E-state index in [2.05, 4.69) is 14.9 Å². The predicted octanol–water partition coefficient (Wildman–Crippen LogP) is 2.99. The second-order valence-corrected chi connectivity index (χ2v) is 6.22. The minimum absolute atomic E-state index is 0.141.